The molecule has 0 spiro atoms. The molecule has 0 atom stereocenters. The fourth-order valence-electron chi connectivity index (χ4n) is 4.99. The van der Waals surface area contributed by atoms with Gasteiger partial charge in [0, 0.05) is 50.2 Å². The van der Waals surface area contributed by atoms with Crippen LogP contribution in [0.1, 0.15) is 32.3 Å². The molecule has 2 fully saturated rings. The molecule has 180 valence electrons. The van der Waals surface area contributed by atoms with Gasteiger partial charge >= 0.3 is 6.03 Å². The fourth-order valence-corrected chi connectivity index (χ4v) is 4.99. The first kappa shape index (κ1) is 22.7. The van der Waals surface area contributed by atoms with Crippen molar-refractivity contribution in [2.75, 3.05) is 44.2 Å². The minimum Gasteiger partial charge on any atom is -0.366 e. The minimum atomic E-state index is -1.24. The molecule has 2 aliphatic heterocycles. The van der Waals surface area contributed by atoms with Crippen LogP contribution in [0.15, 0.2) is 48.8 Å². The zero-order valence-corrected chi connectivity index (χ0v) is 19.9. The predicted octanol–water partition coefficient (Wildman–Crippen LogP) is 3.79. The van der Waals surface area contributed by atoms with Crippen molar-refractivity contribution in [3.63, 3.8) is 0 Å². The summed E-state index contributed by atoms with van der Waals surface area (Å²) in [5.74, 6) is 0. The monoisotopic (exact) mass is 464 g/mol. The van der Waals surface area contributed by atoms with Gasteiger partial charge in [0.1, 0.15) is 5.67 Å². The number of urea groups is 1. The molecule has 2 aromatic heterocycles. The number of hydrogen-bond acceptors (Lipinski definition) is 4. The number of piperidine rings is 1. The van der Waals surface area contributed by atoms with Crippen molar-refractivity contribution in [1.29, 1.82) is 0 Å². The van der Waals surface area contributed by atoms with Crippen LogP contribution in [0.4, 0.5) is 14.9 Å². The molecule has 1 aromatic carbocycles. The molecule has 34 heavy (non-hydrogen) atoms. The number of piperazine rings is 1. The lowest BCUT2D eigenvalue weighted by atomic mass is 9.86. The van der Waals surface area contributed by atoms with Gasteiger partial charge in [0.2, 0.25) is 0 Å². The number of carbonyl (C=O) groups is 1. The van der Waals surface area contributed by atoms with Gasteiger partial charge in [-0.25, -0.2) is 13.7 Å². The van der Waals surface area contributed by atoms with E-state index >= 15 is 4.39 Å². The molecule has 7 nitrogen and oxygen atoms in total. The van der Waals surface area contributed by atoms with Gasteiger partial charge in [0.15, 0.2) is 0 Å². The minimum absolute atomic E-state index is 0.00231. The van der Waals surface area contributed by atoms with E-state index in [9.17, 15) is 4.79 Å². The highest BCUT2D eigenvalue weighted by molar-refractivity contribution is 5.80. The molecule has 2 aliphatic rings. The molecular weight excluding hydrogens is 431 g/mol. The Labute approximate surface area is 199 Å². The number of nitrogens with one attached hydrogen (secondary N) is 2. The first-order chi connectivity index (χ1) is 16.4. The number of anilines is 1. The first-order valence-electron chi connectivity index (χ1n) is 12.2. The van der Waals surface area contributed by atoms with E-state index in [0.717, 1.165) is 41.0 Å². The maximum absolute atomic E-state index is 15.3. The van der Waals surface area contributed by atoms with Gasteiger partial charge in [-0.15, -0.1) is 0 Å². The highest BCUT2D eigenvalue weighted by Gasteiger charge is 2.33. The summed E-state index contributed by atoms with van der Waals surface area (Å²) >= 11 is 0. The number of carbonyl (C=O) groups excluding carboxylic acids is 1. The molecule has 4 heterocycles. The SMILES string of the molecule is CC(C)NC(=O)N1CCN(c2ccnn3cc(-c4ccc(C5(F)CCNCC5)cc4)cc23)CC1. The third-order valence-corrected chi connectivity index (χ3v) is 6.94. The molecule has 0 aliphatic carbocycles. The van der Waals surface area contributed by atoms with Crippen LogP contribution in [0.25, 0.3) is 16.6 Å². The summed E-state index contributed by atoms with van der Waals surface area (Å²) in [6.07, 6.45) is 4.87. The molecule has 3 aromatic rings. The molecule has 2 amide bonds. The average molecular weight is 465 g/mol. The average Bonchev–Trinajstić information content (AvgIpc) is 3.29. The lowest BCUT2D eigenvalue weighted by Crippen LogP contribution is -2.53. The van der Waals surface area contributed by atoms with E-state index in [1.807, 2.05) is 66.0 Å². The molecule has 2 saturated heterocycles. The van der Waals surface area contributed by atoms with Gasteiger partial charge in [0.25, 0.3) is 0 Å². The van der Waals surface area contributed by atoms with E-state index in [2.05, 4.69) is 26.7 Å². The van der Waals surface area contributed by atoms with E-state index in [1.54, 1.807) is 0 Å². The van der Waals surface area contributed by atoms with Crippen molar-refractivity contribution in [3.05, 3.63) is 54.4 Å². The van der Waals surface area contributed by atoms with E-state index < -0.39 is 5.67 Å². The number of hydrogen-bond donors (Lipinski definition) is 2. The Morgan fingerprint density at radius 2 is 1.76 bits per heavy atom. The van der Waals surface area contributed by atoms with Crippen molar-refractivity contribution >= 4 is 17.2 Å². The van der Waals surface area contributed by atoms with Crippen molar-refractivity contribution < 1.29 is 9.18 Å². The second-order valence-corrected chi connectivity index (χ2v) is 9.65. The second kappa shape index (κ2) is 9.25. The smallest absolute Gasteiger partial charge is 0.317 e. The highest BCUT2D eigenvalue weighted by atomic mass is 19.1. The number of rotatable bonds is 4. The van der Waals surface area contributed by atoms with Gasteiger partial charge in [0.05, 0.1) is 11.2 Å². The van der Waals surface area contributed by atoms with Crippen LogP contribution in [0, 0.1) is 0 Å². The van der Waals surface area contributed by atoms with Crippen LogP contribution < -0.4 is 15.5 Å². The molecular formula is C26H33FN6O. The van der Waals surface area contributed by atoms with E-state index in [1.165, 1.54) is 0 Å². The number of aromatic nitrogens is 2. The third-order valence-electron chi connectivity index (χ3n) is 6.94. The van der Waals surface area contributed by atoms with Crippen LogP contribution in [-0.2, 0) is 5.67 Å². The Bertz CT molecular complexity index is 1140. The molecule has 2 N–H and O–H groups in total. The summed E-state index contributed by atoms with van der Waals surface area (Å²) in [5.41, 5.74) is 3.77. The highest BCUT2D eigenvalue weighted by Crippen LogP contribution is 2.36. The maximum Gasteiger partial charge on any atom is 0.317 e. The zero-order chi connectivity index (χ0) is 23.7. The molecule has 5 rings (SSSR count). The summed E-state index contributed by atoms with van der Waals surface area (Å²) in [6.45, 7) is 8.29. The van der Waals surface area contributed by atoms with Crippen LogP contribution in [0.3, 0.4) is 0 Å². The number of amides is 2. The van der Waals surface area contributed by atoms with Gasteiger partial charge in [-0.1, -0.05) is 24.3 Å². The maximum atomic E-state index is 15.3. The Morgan fingerprint density at radius 1 is 1.06 bits per heavy atom. The van der Waals surface area contributed by atoms with Crippen LogP contribution in [0.2, 0.25) is 0 Å². The van der Waals surface area contributed by atoms with E-state index in [4.69, 9.17) is 0 Å². The van der Waals surface area contributed by atoms with Crippen molar-refractivity contribution in [2.24, 2.45) is 0 Å². The quantitative estimate of drug-likeness (QED) is 0.617. The lowest BCUT2D eigenvalue weighted by molar-refractivity contribution is 0.115. The van der Waals surface area contributed by atoms with Crippen molar-refractivity contribution in [3.8, 4) is 11.1 Å². The van der Waals surface area contributed by atoms with Crippen molar-refractivity contribution in [1.82, 2.24) is 25.1 Å². The van der Waals surface area contributed by atoms with Crippen LogP contribution in [-0.4, -0.2) is 65.9 Å². The lowest BCUT2D eigenvalue weighted by Gasteiger charge is -2.36. The summed E-state index contributed by atoms with van der Waals surface area (Å²) in [6, 6.07) is 12.2. The second-order valence-electron chi connectivity index (χ2n) is 9.65. The fraction of sp³-hybridized carbons (Fsp3) is 0.462. The summed E-state index contributed by atoms with van der Waals surface area (Å²) in [7, 11) is 0. The van der Waals surface area contributed by atoms with E-state index in [-0.39, 0.29) is 12.1 Å². The molecule has 0 unspecified atom stereocenters. The topological polar surface area (TPSA) is 64.9 Å². The number of fused-ring (bicyclic) bond motifs is 1. The molecule has 8 heteroatoms. The number of benzene rings is 1. The largest absolute Gasteiger partial charge is 0.366 e. The van der Waals surface area contributed by atoms with Crippen LogP contribution in [0.5, 0.6) is 0 Å². The van der Waals surface area contributed by atoms with Gasteiger partial charge in [-0.05, 0) is 63.0 Å². The first-order valence-corrected chi connectivity index (χ1v) is 12.2. The van der Waals surface area contributed by atoms with Crippen LogP contribution >= 0.6 is 0 Å². The summed E-state index contributed by atoms with van der Waals surface area (Å²) in [4.78, 5) is 16.5. The van der Waals surface area contributed by atoms with E-state index in [0.29, 0.717) is 39.0 Å². The van der Waals surface area contributed by atoms with Gasteiger partial charge in [-0.2, -0.15) is 5.10 Å². The molecule has 0 bridgehead atoms. The summed E-state index contributed by atoms with van der Waals surface area (Å²) < 4.78 is 17.2. The number of alkyl halides is 1. The summed E-state index contributed by atoms with van der Waals surface area (Å²) in [5, 5.41) is 10.7. The number of halogens is 1. The van der Waals surface area contributed by atoms with Gasteiger partial charge < -0.3 is 20.4 Å². The Morgan fingerprint density at radius 3 is 2.44 bits per heavy atom. The molecule has 0 saturated carbocycles. The number of nitrogens with zero attached hydrogens (tertiary/aromatic N) is 4. The Kier molecular flexibility index (Phi) is 6.16. The Hall–Kier alpha value is -3.13. The third kappa shape index (κ3) is 4.46. The van der Waals surface area contributed by atoms with Crippen molar-refractivity contribution in [2.45, 2.75) is 38.4 Å². The standard InChI is InChI=1S/C26H33FN6O/c1-19(2)30-25(34)32-15-13-31(14-16-32)23-7-10-29-33-18-21(17-24(23)33)20-3-5-22(6-4-20)26(27)8-11-28-12-9-26/h3-7,10,17-19,28H,8-9,11-16H2,1-2H3,(H,30,34). The normalized spacial score (nSPS) is 18.5. The zero-order valence-electron chi connectivity index (χ0n) is 19.9. The Balaban J connectivity index is 1.34. The molecule has 0 radical (unpaired) electrons. The predicted molar refractivity (Wildman–Crippen MR) is 133 cm³/mol. The van der Waals surface area contributed by atoms with Gasteiger partial charge in [-0.3, -0.25) is 0 Å².